The van der Waals surface area contributed by atoms with Crippen LogP contribution >= 0.6 is 0 Å². The van der Waals surface area contributed by atoms with Gasteiger partial charge in [-0.05, 0) is 50.9 Å². The van der Waals surface area contributed by atoms with E-state index >= 15 is 0 Å². The van der Waals surface area contributed by atoms with Crippen LogP contribution in [0.25, 0.3) is 0 Å². The highest BCUT2D eigenvalue weighted by molar-refractivity contribution is 5.77. The summed E-state index contributed by atoms with van der Waals surface area (Å²) in [4.78, 5) is 14.2. The average Bonchev–Trinajstić information content (AvgIpc) is 2.29. The summed E-state index contributed by atoms with van der Waals surface area (Å²) in [6.45, 7) is 0.591. The van der Waals surface area contributed by atoms with Gasteiger partial charge in [-0.3, -0.25) is 4.79 Å². The average molecular weight is 254 g/mol. The highest BCUT2D eigenvalue weighted by Crippen LogP contribution is 2.29. The van der Waals surface area contributed by atoms with Crippen LogP contribution in [0.1, 0.15) is 51.4 Å². The number of hydrogen-bond donors (Lipinski definition) is 2. The van der Waals surface area contributed by atoms with E-state index in [1.165, 1.54) is 6.42 Å². The molecule has 0 atom stereocenters. The van der Waals surface area contributed by atoms with Gasteiger partial charge in [0.15, 0.2) is 0 Å². The summed E-state index contributed by atoms with van der Waals surface area (Å²) in [5.41, 5.74) is 5.89. The van der Waals surface area contributed by atoms with Gasteiger partial charge in [0.1, 0.15) is 0 Å². The number of aliphatic hydroxyl groups is 1. The van der Waals surface area contributed by atoms with Gasteiger partial charge >= 0.3 is 0 Å². The van der Waals surface area contributed by atoms with Crippen molar-refractivity contribution in [2.24, 2.45) is 11.7 Å². The van der Waals surface area contributed by atoms with E-state index in [-0.39, 0.29) is 12.5 Å². The minimum atomic E-state index is 0.0811. The van der Waals surface area contributed by atoms with Crippen molar-refractivity contribution in [3.8, 4) is 0 Å². The number of nitrogens with zero attached hydrogens (tertiary/aromatic N) is 1. The Hall–Kier alpha value is -0.610. The van der Waals surface area contributed by atoms with Crippen molar-refractivity contribution >= 4 is 5.91 Å². The second-order valence-corrected chi connectivity index (χ2v) is 5.88. The second-order valence-electron chi connectivity index (χ2n) is 5.88. The molecule has 0 radical (unpaired) electrons. The van der Waals surface area contributed by atoms with Gasteiger partial charge in [0.05, 0.1) is 6.61 Å². The maximum Gasteiger partial charge on any atom is 0.223 e. The molecule has 2 aliphatic carbocycles. The third-order valence-electron chi connectivity index (χ3n) is 4.53. The fraction of sp³-hybridized carbons (Fsp3) is 0.929. The van der Waals surface area contributed by atoms with Crippen LogP contribution in [-0.2, 0) is 4.79 Å². The lowest BCUT2D eigenvalue weighted by Crippen LogP contribution is -2.46. The number of nitrogens with two attached hydrogens (primary N) is 1. The fourth-order valence-electron chi connectivity index (χ4n) is 3.07. The first-order valence-corrected chi connectivity index (χ1v) is 7.36. The Morgan fingerprint density at radius 1 is 1.17 bits per heavy atom. The fourth-order valence-corrected chi connectivity index (χ4v) is 3.07. The Labute approximate surface area is 110 Å². The van der Waals surface area contributed by atoms with Gasteiger partial charge in [-0.15, -0.1) is 0 Å². The zero-order valence-corrected chi connectivity index (χ0v) is 11.2. The first-order chi connectivity index (χ1) is 8.70. The monoisotopic (exact) mass is 254 g/mol. The lowest BCUT2D eigenvalue weighted by Gasteiger charge is -2.38. The normalized spacial score (nSPS) is 28.8. The standard InChI is InChI=1S/C14H26N2O2/c15-12-6-4-11(5-7-12)10-14(18)16(8-9-17)13-2-1-3-13/h11-13,17H,1-10,15H2. The molecule has 4 nitrogen and oxygen atoms in total. The molecule has 2 fully saturated rings. The summed E-state index contributed by atoms with van der Waals surface area (Å²) >= 11 is 0. The molecule has 0 bridgehead atoms. The molecule has 0 saturated heterocycles. The van der Waals surface area contributed by atoms with Crippen LogP contribution in [0.2, 0.25) is 0 Å². The van der Waals surface area contributed by atoms with Crippen molar-refractivity contribution in [2.45, 2.75) is 63.5 Å². The van der Waals surface area contributed by atoms with Crippen molar-refractivity contribution in [3.63, 3.8) is 0 Å². The van der Waals surface area contributed by atoms with Gasteiger partial charge in [-0.2, -0.15) is 0 Å². The molecule has 0 unspecified atom stereocenters. The van der Waals surface area contributed by atoms with E-state index in [2.05, 4.69) is 0 Å². The maximum absolute atomic E-state index is 12.3. The summed E-state index contributed by atoms with van der Waals surface area (Å²) < 4.78 is 0. The Morgan fingerprint density at radius 2 is 1.83 bits per heavy atom. The molecule has 2 aliphatic rings. The lowest BCUT2D eigenvalue weighted by molar-refractivity contribution is -0.137. The molecule has 4 heteroatoms. The van der Waals surface area contributed by atoms with E-state index in [9.17, 15) is 4.79 Å². The van der Waals surface area contributed by atoms with Crippen molar-refractivity contribution in [2.75, 3.05) is 13.2 Å². The zero-order chi connectivity index (χ0) is 13.0. The lowest BCUT2D eigenvalue weighted by atomic mass is 9.83. The number of hydrogen-bond acceptors (Lipinski definition) is 3. The van der Waals surface area contributed by atoms with E-state index < -0.39 is 0 Å². The topological polar surface area (TPSA) is 66.6 Å². The first kappa shape index (κ1) is 13.8. The molecule has 2 saturated carbocycles. The van der Waals surface area contributed by atoms with Gasteiger partial charge in [-0.25, -0.2) is 0 Å². The van der Waals surface area contributed by atoms with Crippen LogP contribution in [0.5, 0.6) is 0 Å². The van der Waals surface area contributed by atoms with Crippen LogP contribution < -0.4 is 5.73 Å². The summed E-state index contributed by atoms with van der Waals surface area (Å²) in [7, 11) is 0. The molecule has 0 aliphatic heterocycles. The SMILES string of the molecule is NC1CCC(CC(=O)N(CCO)C2CCC2)CC1. The smallest absolute Gasteiger partial charge is 0.223 e. The summed E-state index contributed by atoms with van der Waals surface area (Å²) in [5, 5.41) is 9.08. The minimum Gasteiger partial charge on any atom is -0.395 e. The predicted molar refractivity (Wildman–Crippen MR) is 71.0 cm³/mol. The number of rotatable bonds is 5. The third-order valence-corrected chi connectivity index (χ3v) is 4.53. The maximum atomic E-state index is 12.3. The van der Waals surface area contributed by atoms with Crippen molar-refractivity contribution in [3.05, 3.63) is 0 Å². The van der Waals surface area contributed by atoms with Crippen LogP contribution in [0.3, 0.4) is 0 Å². The molecule has 0 spiro atoms. The highest BCUT2D eigenvalue weighted by atomic mass is 16.3. The second kappa shape index (κ2) is 6.53. The number of carbonyl (C=O) groups excluding carboxylic acids is 1. The van der Waals surface area contributed by atoms with Crippen molar-refractivity contribution < 1.29 is 9.90 Å². The van der Waals surface area contributed by atoms with Gasteiger partial charge in [0.25, 0.3) is 0 Å². The molecular weight excluding hydrogens is 228 g/mol. The summed E-state index contributed by atoms with van der Waals surface area (Å²) in [5.74, 6) is 0.757. The molecule has 0 aromatic rings. The predicted octanol–water partition coefficient (Wildman–Crippen LogP) is 1.27. The van der Waals surface area contributed by atoms with Crippen molar-refractivity contribution in [1.29, 1.82) is 0 Å². The van der Waals surface area contributed by atoms with E-state index in [4.69, 9.17) is 10.8 Å². The molecule has 1 amide bonds. The number of amides is 1. The quantitative estimate of drug-likeness (QED) is 0.776. The van der Waals surface area contributed by atoms with E-state index in [1.807, 2.05) is 4.90 Å². The van der Waals surface area contributed by atoms with Gasteiger partial charge in [0, 0.05) is 25.0 Å². The number of aliphatic hydroxyl groups excluding tert-OH is 1. The highest BCUT2D eigenvalue weighted by Gasteiger charge is 2.30. The molecule has 0 aromatic carbocycles. The molecule has 0 heterocycles. The van der Waals surface area contributed by atoms with Crippen LogP contribution in [-0.4, -0.2) is 41.1 Å². The van der Waals surface area contributed by atoms with E-state index in [0.29, 0.717) is 31.0 Å². The van der Waals surface area contributed by atoms with Crippen LogP contribution in [0.4, 0.5) is 0 Å². The molecule has 18 heavy (non-hydrogen) atoms. The summed E-state index contributed by atoms with van der Waals surface area (Å²) in [6, 6.07) is 0.743. The zero-order valence-electron chi connectivity index (χ0n) is 11.2. The molecule has 104 valence electrons. The molecule has 2 rings (SSSR count). The first-order valence-electron chi connectivity index (χ1n) is 7.36. The number of carbonyl (C=O) groups is 1. The van der Waals surface area contributed by atoms with Crippen molar-refractivity contribution in [1.82, 2.24) is 4.90 Å². The Bertz CT molecular complexity index is 271. The molecular formula is C14H26N2O2. The van der Waals surface area contributed by atoms with E-state index in [1.54, 1.807) is 0 Å². The van der Waals surface area contributed by atoms with Crippen LogP contribution in [0.15, 0.2) is 0 Å². The van der Waals surface area contributed by atoms with Gasteiger partial charge in [-0.1, -0.05) is 0 Å². The summed E-state index contributed by atoms with van der Waals surface area (Å²) in [6.07, 6.45) is 8.39. The van der Waals surface area contributed by atoms with Gasteiger partial charge in [0.2, 0.25) is 5.91 Å². The third kappa shape index (κ3) is 3.45. The molecule has 0 aromatic heterocycles. The van der Waals surface area contributed by atoms with Crippen LogP contribution in [0, 0.1) is 5.92 Å². The minimum absolute atomic E-state index is 0.0811. The Morgan fingerprint density at radius 3 is 2.33 bits per heavy atom. The molecule has 3 N–H and O–H groups in total. The largest absolute Gasteiger partial charge is 0.395 e. The Balaban J connectivity index is 1.80. The Kier molecular flexibility index (Phi) is 5.01. The van der Waals surface area contributed by atoms with E-state index in [0.717, 1.165) is 38.5 Å². The van der Waals surface area contributed by atoms with Gasteiger partial charge < -0.3 is 15.7 Å².